The van der Waals surface area contributed by atoms with E-state index in [0.29, 0.717) is 28.7 Å². The van der Waals surface area contributed by atoms with Crippen LogP contribution in [0.1, 0.15) is 22.6 Å². The van der Waals surface area contributed by atoms with Crippen molar-refractivity contribution in [2.75, 3.05) is 6.61 Å². The molecule has 4 aromatic rings. The zero-order valence-electron chi connectivity index (χ0n) is 21.9. The highest BCUT2D eigenvalue weighted by Gasteiger charge is 2.31. The Morgan fingerprint density at radius 2 is 1.60 bits per heavy atom. The molecular weight excluding hydrogens is 562 g/mol. The molecule has 0 saturated heterocycles. The number of nitriles is 1. The van der Waals surface area contributed by atoms with Crippen LogP contribution < -0.4 is 24.7 Å². The molecule has 0 spiro atoms. The molecule has 1 unspecified atom stereocenters. The topological polar surface area (TPSA) is 147 Å². The quantitative estimate of drug-likeness (QED) is 0.108. The van der Waals surface area contributed by atoms with Gasteiger partial charge in [0, 0.05) is 28.8 Å². The summed E-state index contributed by atoms with van der Waals surface area (Å²) in [7, 11) is 0. The molecule has 2 N–H and O–H groups in total. The molecule has 11 heteroatoms. The molecule has 5 rings (SSSR count). The van der Waals surface area contributed by atoms with Crippen molar-refractivity contribution in [3.05, 3.63) is 134 Å². The smallest absolute Gasteiger partial charge is 0.349 e. The number of nitrogens with two attached hydrogens (primary N) is 1. The second-order valence-electron chi connectivity index (χ2n) is 9.12. The molecule has 210 valence electrons. The number of nitro groups is 1. The fourth-order valence-corrected chi connectivity index (χ4v) is 4.44. The lowest BCUT2D eigenvalue weighted by molar-refractivity contribution is -0.384. The van der Waals surface area contributed by atoms with Crippen LogP contribution in [-0.2, 0) is 11.4 Å². The predicted octanol–water partition coefficient (Wildman–Crippen LogP) is 6.03. The number of nitrogens with zero attached hydrogens (tertiary/aromatic N) is 2. The summed E-state index contributed by atoms with van der Waals surface area (Å²) in [5.41, 5.74) is 8.69. The molecule has 10 nitrogen and oxygen atoms in total. The molecule has 1 atom stereocenters. The number of ether oxygens (including phenoxy) is 4. The fourth-order valence-electron chi connectivity index (χ4n) is 4.31. The summed E-state index contributed by atoms with van der Waals surface area (Å²) in [6.45, 7) is -0.0568. The van der Waals surface area contributed by atoms with Gasteiger partial charge in [0.25, 0.3) is 5.69 Å². The summed E-state index contributed by atoms with van der Waals surface area (Å²) in [5, 5.41) is 21.3. The van der Waals surface area contributed by atoms with Crippen LogP contribution in [0.3, 0.4) is 0 Å². The SMILES string of the molecule is N#CC1=C(N)Oc2cc(OC(=O)COc3ccc([N+](=O)[O-])cc3)ccc2C1c1ccc(OCc2ccc(Cl)cc2)cc1. The van der Waals surface area contributed by atoms with Gasteiger partial charge >= 0.3 is 5.97 Å². The number of hydrogen-bond acceptors (Lipinski definition) is 9. The number of hydrogen-bond donors (Lipinski definition) is 1. The van der Waals surface area contributed by atoms with Gasteiger partial charge in [0.05, 0.1) is 10.8 Å². The fraction of sp³-hybridized carbons (Fsp3) is 0.0968. The van der Waals surface area contributed by atoms with Crippen LogP contribution in [0.4, 0.5) is 5.69 Å². The first-order valence-electron chi connectivity index (χ1n) is 12.6. The number of benzene rings is 4. The van der Waals surface area contributed by atoms with E-state index in [9.17, 15) is 20.2 Å². The van der Waals surface area contributed by atoms with Crippen LogP contribution >= 0.6 is 11.6 Å². The van der Waals surface area contributed by atoms with E-state index in [1.165, 1.54) is 30.3 Å². The third kappa shape index (κ3) is 6.43. The molecular formula is C31H22ClN3O7. The third-order valence-electron chi connectivity index (χ3n) is 6.36. The summed E-state index contributed by atoms with van der Waals surface area (Å²) in [6.07, 6.45) is 0. The molecule has 0 saturated carbocycles. The van der Waals surface area contributed by atoms with Crippen LogP contribution in [0, 0.1) is 21.4 Å². The van der Waals surface area contributed by atoms with Crippen molar-refractivity contribution < 1.29 is 28.7 Å². The van der Waals surface area contributed by atoms with E-state index in [1.807, 2.05) is 36.4 Å². The highest BCUT2D eigenvalue weighted by atomic mass is 35.5. The van der Waals surface area contributed by atoms with Crippen molar-refractivity contribution in [1.29, 1.82) is 5.26 Å². The minimum atomic E-state index is -0.698. The average molecular weight is 584 g/mol. The monoisotopic (exact) mass is 583 g/mol. The molecule has 0 aromatic heterocycles. The lowest BCUT2D eigenvalue weighted by Crippen LogP contribution is -2.21. The van der Waals surface area contributed by atoms with E-state index in [2.05, 4.69) is 6.07 Å². The number of carbonyl (C=O) groups excluding carboxylic acids is 1. The van der Waals surface area contributed by atoms with Crippen molar-refractivity contribution in [3.8, 4) is 29.1 Å². The van der Waals surface area contributed by atoms with Gasteiger partial charge in [-0.05, 0) is 53.6 Å². The summed E-state index contributed by atoms with van der Waals surface area (Å²) in [4.78, 5) is 22.6. The van der Waals surface area contributed by atoms with Crippen molar-refractivity contribution in [1.82, 2.24) is 0 Å². The first-order chi connectivity index (χ1) is 20.3. The van der Waals surface area contributed by atoms with Crippen LogP contribution in [0.15, 0.2) is 102 Å². The van der Waals surface area contributed by atoms with Crippen molar-refractivity contribution in [3.63, 3.8) is 0 Å². The largest absolute Gasteiger partial charge is 0.489 e. The maximum Gasteiger partial charge on any atom is 0.349 e. The summed E-state index contributed by atoms with van der Waals surface area (Å²) in [5.74, 6) is 0.177. The van der Waals surface area contributed by atoms with Gasteiger partial charge in [0.2, 0.25) is 5.88 Å². The minimum absolute atomic E-state index is 0.0527. The first kappa shape index (κ1) is 28.0. The normalized spacial score (nSPS) is 13.8. The molecule has 1 aliphatic rings. The lowest BCUT2D eigenvalue weighted by Gasteiger charge is -2.26. The highest BCUT2D eigenvalue weighted by Crippen LogP contribution is 2.43. The summed E-state index contributed by atoms with van der Waals surface area (Å²) >= 11 is 5.94. The van der Waals surface area contributed by atoms with Gasteiger partial charge in [-0.3, -0.25) is 10.1 Å². The minimum Gasteiger partial charge on any atom is -0.489 e. The Labute approximate surface area is 245 Å². The molecule has 42 heavy (non-hydrogen) atoms. The number of halogens is 1. The molecule has 1 aliphatic heterocycles. The average Bonchev–Trinajstić information content (AvgIpc) is 2.99. The number of non-ortho nitro benzene ring substituents is 1. The zero-order chi connectivity index (χ0) is 29.6. The van der Waals surface area contributed by atoms with Crippen LogP contribution in [0.25, 0.3) is 0 Å². The second-order valence-corrected chi connectivity index (χ2v) is 9.56. The molecule has 0 amide bonds. The molecule has 0 aliphatic carbocycles. The Morgan fingerprint density at radius 1 is 0.952 bits per heavy atom. The van der Waals surface area contributed by atoms with E-state index >= 15 is 0 Å². The Morgan fingerprint density at radius 3 is 2.26 bits per heavy atom. The molecule has 0 radical (unpaired) electrons. The van der Waals surface area contributed by atoms with Crippen molar-refractivity contribution in [2.45, 2.75) is 12.5 Å². The second kappa shape index (κ2) is 12.3. The zero-order valence-corrected chi connectivity index (χ0v) is 22.6. The maximum atomic E-state index is 12.4. The van der Waals surface area contributed by atoms with Gasteiger partial charge in [0.1, 0.15) is 41.2 Å². The Hall–Kier alpha value is -5.53. The van der Waals surface area contributed by atoms with Gasteiger partial charge < -0.3 is 24.7 Å². The van der Waals surface area contributed by atoms with E-state index in [4.69, 9.17) is 36.3 Å². The number of allylic oxidation sites excluding steroid dienone is 1. The number of esters is 1. The Kier molecular flexibility index (Phi) is 8.22. The van der Waals surface area contributed by atoms with E-state index in [1.54, 1.807) is 24.3 Å². The molecule has 4 aromatic carbocycles. The van der Waals surface area contributed by atoms with Crippen molar-refractivity contribution >= 4 is 23.3 Å². The summed E-state index contributed by atoms with van der Waals surface area (Å²) in [6, 6.07) is 27.0. The van der Waals surface area contributed by atoms with E-state index in [-0.39, 0.29) is 28.6 Å². The van der Waals surface area contributed by atoms with Gasteiger partial charge in [0.15, 0.2) is 6.61 Å². The molecule has 0 fully saturated rings. The maximum absolute atomic E-state index is 12.4. The van der Waals surface area contributed by atoms with Gasteiger partial charge in [-0.25, -0.2) is 4.79 Å². The highest BCUT2D eigenvalue weighted by molar-refractivity contribution is 6.30. The Balaban J connectivity index is 1.27. The predicted molar refractivity (Wildman–Crippen MR) is 152 cm³/mol. The van der Waals surface area contributed by atoms with Crippen LogP contribution in [0.2, 0.25) is 5.02 Å². The summed E-state index contributed by atoms with van der Waals surface area (Å²) < 4.78 is 22.3. The number of nitro benzene ring substituents is 1. The first-order valence-corrected chi connectivity index (χ1v) is 12.9. The third-order valence-corrected chi connectivity index (χ3v) is 6.61. The number of rotatable bonds is 9. The number of fused-ring (bicyclic) bond motifs is 1. The van der Waals surface area contributed by atoms with Gasteiger partial charge in [-0.15, -0.1) is 0 Å². The molecule has 0 bridgehead atoms. The standard InChI is InChI=1S/C31H22ClN3O7/c32-21-5-1-19(2-6-21)17-39-23-9-3-20(4-10-23)30-26-14-13-25(15-28(26)42-31(34)27(30)16-33)41-29(36)18-40-24-11-7-22(8-12-24)35(37)38/h1-15,30H,17-18,34H2. The van der Waals surface area contributed by atoms with Crippen molar-refractivity contribution in [2.24, 2.45) is 5.73 Å². The van der Waals surface area contributed by atoms with Crippen LogP contribution in [-0.4, -0.2) is 17.5 Å². The molecule has 1 heterocycles. The van der Waals surface area contributed by atoms with E-state index in [0.717, 1.165) is 11.1 Å². The van der Waals surface area contributed by atoms with Gasteiger partial charge in [-0.1, -0.05) is 41.9 Å². The Bertz CT molecular complexity index is 1700. The van der Waals surface area contributed by atoms with E-state index < -0.39 is 23.4 Å². The van der Waals surface area contributed by atoms with Gasteiger partial charge in [-0.2, -0.15) is 5.26 Å². The lowest BCUT2D eigenvalue weighted by atomic mass is 9.83. The van der Waals surface area contributed by atoms with Crippen LogP contribution in [0.5, 0.6) is 23.0 Å². The number of carbonyl (C=O) groups is 1.